The fourth-order valence-corrected chi connectivity index (χ4v) is 5.12. The SMILES string of the molecule is O=C(N[C@@H]1CCCN(c2ccccc2C(=O)O)C(=O)C1)OCC1c2ccccc2-c2ccccc21. The van der Waals surface area contributed by atoms with Gasteiger partial charge in [-0.2, -0.15) is 0 Å². The molecule has 0 radical (unpaired) electrons. The highest BCUT2D eigenvalue weighted by molar-refractivity contribution is 6.02. The Kier molecular flexibility index (Phi) is 6.23. The number of carbonyl (C=O) groups is 3. The van der Waals surface area contributed by atoms with Crippen molar-refractivity contribution in [1.82, 2.24) is 5.32 Å². The average Bonchev–Trinajstić information content (AvgIpc) is 3.07. The summed E-state index contributed by atoms with van der Waals surface area (Å²) in [5.41, 5.74) is 5.06. The molecule has 0 aromatic heterocycles. The fourth-order valence-electron chi connectivity index (χ4n) is 5.12. The van der Waals surface area contributed by atoms with E-state index in [-0.39, 0.29) is 36.5 Å². The van der Waals surface area contributed by atoms with Gasteiger partial charge in [-0.3, -0.25) is 4.79 Å². The minimum Gasteiger partial charge on any atom is -0.478 e. The lowest BCUT2D eigenvalue weighted by atomic mass is 9.98. The van der Waals surface area contributed by atoms with Crippen LogP contribution in [0.15, 0.2) is 72.8 Å². The van der Waals surface area contributed by atoms with Gasteiger partial charge in [0, 0.05) is 24.9 Å². The molecule has 35 heavy (non-hydrogen) atoms. The van der Waals surface area contributed by atoms with Crippen LogP contribution in [0.1, 0.15) is 46.7 Å². The normalized spacial score (nSPS) is 17.3. The predicted octanol–water partition coefficient (Wildman–Crippen LogP) is 4.81. The number of ether oxygens (including phenoxy) is 1. The minimum absolute atomic E-state index is 0.0353. The van der Waals surface area contributed by atoms with Crippen LogP contribution in [0.2, 0.25) is 0 Å². The molecular weight excluding hydrogens is 444 g/mol. The van der Waals surface area contributed by atoms with Crippen LogP contribution in [0.3, 0.4) is 0 Å². The molecule has 0 bridgehead atoms. The molecule has 1 saturated heterocycles. The molecule has 2 aliphatic rings. The van der Waals surface area contributed by atoms with Gasteiger partial charge in [-0.25, -0.2) is 9.59 Å². The van der Waals surface area contributed by atoms with Gasteiger partial charge in [0.25, 0.3) is 0 Å². The van der Waals surface area contributed by atoms with Crippen LogP contribution in [0.4, 0.5) is 10.5 Å². The second-order valence-corrected chi connectivity index (χ2v) is 8.88. The number of hydrogen-bond donors (Lipinski definition) is 2. The molecule has 1 aliphatic heterocycles. The van der Waals surface area contributed by atoms with E-state index < -0.39 is 12.1 Å². The maximum Gasteiger partial charge on any atom is 0.407 e. The highest BCUT2D eigenvalue weighted by Gasteiger charge is 2.31. The Balaban J connectivity index is 1.22. The number of rotatable bonds is 5. The van der Waals surface area contributed by atoms with E-state index in [1.807, 2.05) is 24.3 Å². The Morgan fingerprint density at radius 2 is 1.57 bits per heavy atom. The molecule has 7 nitrogen and oxygen atoms in total. The Bertz CT molecular complexity index is 1240. The van der Waals surface area contributed by atoms with Crippen molar-refractivity contribution in [2.24, 2.45) is 0 Å². The van der Waals surface area contributed by atoms with Gasteiger partial charge < -0.3 is 20.1 Å². The first-order valence-corrected chi connectivity index (χ1v) is 11.8. The van der Waals surface area contributed by atoms with Crippen molar-refractivity contribution in [2.45, 2.75) is 31.2 Å². The Morgan fingerprint density at radius 1 is 0.943 bits per heavy atom. The molecule has 3 aromatic rings. The van der Waals surface area contributed by atoms with Gasteiger partial charge in [-0.15, -0.1) is 0 Å². The van der Waals surface area contributed by atoms with Crippen LogP contribution in [0, 0.1) is 0 Å². The van der Waals surface area contributed by atoms with Crippen molar-refractivity contribution in [3.05, 3.63) is 89.5 Å². The van der Waals surface area contributed by atoms with Crippen LogP contribution in [0.25, 0.3) is 11.1 Å². The number of hydrogen-bond acceptors (Lipinski definition) is 4. The number of alkyl carbamates (subject to hydrolysis) is 1. The number of benzene rings is 3. The Hall–Kier alpha value is -4.13. The largest absolute Gasteiger partial charge is 0.478 e. The van der Waals surface area contributed by atoms with Gasteiger partial charge in [-0.1, -0.05) is 60.7 Å². The van der Waals surface area contributed by atoms with Gasteiger partial charge in [0.1, 0.15) is 6.61 Å². The van der Waals surface area contributed by atoms with E-state index in [1.165, 1.54) is 11.0 Å². The number of fused-ring (bicyclic) bond motifs is 3. The van der Waals surface area contributed by atoms with E-state index >= 15 is 0 Å². The highest BCUT2D eigenvalue weighted by atomic mass is 16.5. The molecule has 1 aliphatic carbocycles. The minimum atomic E-state index is -1.08. The smallest absolute Gasteiger partial charge is 0.407 e. The van der Waals surface area contributed by atoms with Crippen LogP contribution in [0.5, 0.6) is 0 Å². The summed E-state index contributed by atoms with van der Waals surface area (Å²) in [5.74, 6) is -1.34. The quantitative estimate of drug-likeness (QED) is 0.558. The summed E-state index contributed by atoms with van der Waals surface area (Å²) in [6.07, 6.45) is 0.762. The molecular formula is C28H26N2O5. The third-order valence-electron chi connectivity index (χ3n) is 6.75. The second kappa shape index (κ2) is 9.62. The van der Waals surface area contributed by atoms with Crippen molar-refractivity contribution in [3.8, 4) is 11.1 Å². The first kappa shape index (κ1) is 22.7. The summed E-state index contributed by atoms with van der Waals surface area (Å²) < 4.78 is 5.63. The van der Waals surface area contributed by atoms with E-state index in [2.05, 4.69) is 29.6 Å². The number of nitrogens with one attached hydrogen (secondary N) is 1. The molecule has 1 heterocycles. The molecule has 0 unspecified atom stereocenters. The number of carboxylic acids is 1. The molecule has 3 aromatic carbocycles. The van der Waals surface area contributed by atoms with E-state index in [0.717, 1.165) is 22.3 Å². The number of carbonyl (C=O) groups excluding carboxylic acids is 2. The summed E-state index contributed by atoms with van der Waals surface area (Å²) >= 11 is 0. The predicted molar refractivity (Wildman–Crippen MR) is 132 cm³/mol. The monoisotopic (exact) mass is 470 g/mol. The second-order valence-electron chi connectivity index (χ2n) is 8.88. The number of anilines is 1. The van der Waals surface area contributed by atoms with Crippen LogP contribution >= 0.6 is 0 Å². The van der Waals surface area contributed by atoms with Crippen LogP contribution in [-0.4, -0.2) is 42.3 Å². The van der Waals surface area contributed by atoms with Crippen molar-refractivity contribution < 1.29 is 24.2 Å². The summed E-state index contributed by atoms with van der Waals surface area (Å²) in [6.45, 7) is 0.602. The number of para-hydroxylation sites is 1. The molecule has 7 heteroatoms. The number of carboxylic acid groups (broad SMARTS) is 1. The molecule has 1 fully saturated rings. The van der Waals surface area contributed by atoms with Gasteiger partial charge in [0.15, 0.2) is 0 Å². The number of amides is 2. The van der Waals surface area contributed by atoms with Gasteiger partial charge in [0.2, 0.25) is 5.91 Å². The van der Waals surface area contributed by atoms with Crippen molar-refractivity contribution in [2.75, 3.05) is 18.1 Å². The topological polar surface area (TPSA) is 95.9 Å². The molecule has 2 N–H and O–H groups in total. The first-order valence-electron chi connectivity index (χ1n) is 11.8. The van der Waals surface area contributed by atoms with Crippen molar-refractivity contribution >= 4 is 23.7 Å². The number of nitrogens with zero attached hydrogens (tertiary/aromatic N) is 1. The standard InChI is InChI=1S/C28H26N2O5/c31-26-16-18(8-7-15-30(26)25-14-6-5-13-23(25)27(32)33)29-28(34)35-17-24-21-11-3-1-9-19(21)20-10-2-4-12-22(20)24/h1-6,9-14,18,24H,7-8,15-17H2,(H,29,34)(H,32,33)/t18-/m1/s1. The Labute approximate surface area is 203 Å². The van der Waals surface area contributed by atoms with Crippen molar-refractivity contribution in [3.63, 3.8) is 0 Å². The lowest BCUT2D eigenvalue weighted by molar-refractivity contribution is -0.118. The fraction of sp³-hybridized carbons (Fsp3) is 0.250. The summed E-state index contributed by atoms with van der Waals surface area (Å²) in [5, 5.41) is 12.3. The maximum atomic E-state index is 13.0. The molecule has 0 spiro atoms. The molecule has 5 rings (SSSR count). The number of aromatic carboxylic acids is 1. The zero-order valence-corrected chi connectivity index (χ0v) is 19.1. The first-order chi connectivity index (χ1) is 17.0. The van der Waals surface area contributed by atoms with Crippen LogP contribution < -0.4 is 10.2 Å². The van der Waals surface area contributed by atoms with E-state index in [4.69, 9.17) is 4.74 Å². The van der Waals surface area contributed by atoms with Gasteiger partial charge in [0.05, 0.1) is 11.3 Å². The maximum absolute atomic E-state index is 13.0. The lowest BCUT2D eigenvalue weighted by Crippen LogP contribution is -2.39. The summed E-state index contributed by atoms with van der Waals surface area (Å²) in [4.78, 5) is 38.7. The Morgan fingerprint density at radius 3 is 2.26 bits per heavy atom. The van der Waals surface area contributed by atoms with E-state index in [1.54, 1.807) is 18.2 Å². The van der Waals surface area contributed by atoms with E-state index in [9.17, 15) is 19.5 Å². The van der Waals surface area contributed by atoms with Gasteiger partial charge in [-0.05, 0) is 47.2 Å². The van der Waals surface area contributed by atoms with Crippen LogP contribution in [-0.2, 0) is 9.53 Å². The lowest BCUT2D eigenvalue weighted by Gasteiger charge is -2.22. The molecule has 178 valence electrons. The molecule has 0 saturated carbocycles. The molecule has 1 atom stereocenters. The zero-order valence-electron chi connectivity index (χ0n) is 19.1. The van der Waals surface area contributed by atoms with Gasteiger partial charge >= 0.3 is 12.1 Å². The highest BCUT2D eigenvalue weighted by Crippen LogP contribution is 2.44. The third-order valence-corrected chi connectivity index (χ3v) is 6.75. The zero-order chi connectivity index (χ0) is 24.4. The summed E-state index contributed by atoms with van der Waals surface area (Å²) in [7, 11) is 0. The summed E-state index contributed by atoms with van der Waals surface area (Å²) in [6, 6.07) is 22.4. The van der Waals surface area contributed by atoms with E-state index in [0.29, 0.717) is 25.1 Å². The molecule has 2 amide bonds. The van der Waals surface area contributed by atoms with Crippen molar-refractivity contribution in [1.29, 1.82) is 0 Å². The third kappa shape index (κ3) is 4.49. The average molecular weight is 471 g/mol.